The summed E-state index contributed by atoms with van der Waals surface area (Å²) in [7, 11) is 0. The Morgan fingerprint density at radius 2 is 1.76 bits per heavy atom. The molecule has 2 aromatic carbocycles. The second-order valence-corrected chi connectivity index (χ2v) is 7.57. The van der Waals surface area contributed by atoms with Gasteiger partial charge in [0.05, 0.1) is 6.04 Å². The van der Waals surface area contributed by atoms with Gasteiger partial charge in [0.2, 0.25) is 5.91 Å². The van der Waals surface area contributed by atoms with Crippen LogP contribution in [0.25, 0.3) is 0 Å². The fourth-order valence-electron chi connectivity index (χ4n) is 3.53. The van der Waals surface area contributed by atoms with Crippen molar-refractivity contribution in [2.24, 2.45) is 0 Å². The van der Waals surface area contributed by atoms with Crippen molar-refractivity contribution in [2.75, 3.05) is 6.54 Å². The van der Waals surface area contributed by atoms with Crippen LogP contribution in [0, 0.1) is 0 Å². The molecule has 0 fully saturated rings. The number of nitrogens with one attached hydrogen (secondary N) is 4. The highest BCUT2D eigenvalue weighted by atomic mass is 35.5. The maximum atomic E-state index is 12.7. The largest absolute Gasteiger partial charge is 0.445 e. The quantitative estimate of drug-likeness (QED) is 0.213. The number of rotatable bonds is 9. The van der Waals surface area contributed by atoms with Gasteiger partial charge in [0, 0.05) is 13.1 Å². The average Bonchev–Trinajstić information content (AvgIpc) is 2.84. The highest BCUT2D eigenvalue weighted by Crippen LogP contribution is 2.16. The lowest BCUT2D eigenvalue weighted by molar-refractivity contribution is -0.135. The lowest BCUT2D eigenvalue weighted by Gasteiger charge is -2.27. The molecule has 0 aliphatic carbocycles. The predicted octanol–water partition coefficient (Wildman–Crippen LogP) is 1.82. The van der Waals surface area contributed by atoms with Crippen LogP contribution in [-0.2, 0) is 33.9 Å². The molecule has 0 saturated heterocycles. The predicted molar refractivity (Wildman–Crippen MR) is 124 cm³/mol. The lowest BCUT2D eigenvalue weighted by atomic mass is 9.95. The minimum atomic E-state index is -0.923. The molecule has 0 unspecified atom stereocenters. The molecule has 0 saturated carbocycles. The standard InChI is InChI=1S/C23H28N4O5.ClH/c28-21(20-13-17-9-4-5-10-18(17)14-25-20)26-19(22(29)27-31)11-6-12-24-23(30)32-15-16-7-2-1-3-8-16;/h1-5,7-10,19-20,25,31H,6,11-15H2,(H,24,30)(H,26,28)(H,27,29);1H/t19-,20-;/m0./s1. The number of hydrogen-bond donors (Lipinski definition) is 5. The van der Waals surface area contributed by atoms with Crippen LogP contribution in [0.4, 0.5) is 4.79 Å². The molecule has 5 N–H and O–H groups in total. The molecule has 1 aliphatic rings. The molecule has 0 radical (unpaired) electrons. The first-order valence-corrected chi connectivity index (χ1v) is 10.6. The number of halogens is 1. The molecule has 178 valence electrons. The first-order valence-electron chi connectivity index (χ1n) is 10.6. The van der Waals surface area contributed by atoms with Gasteiger partial charge in [0.25, 0.3) is 5.91 Å². The van der Waals surface area contributed by atoms with Crippen LogP contribution in [-0.4, -0.2) is 41.7 Å². The highest BCUT2D eigenvalue weighted by Gasteiger charge is 2.28. The number of ether oxygens (including phenoxy) is 1. The SMILES string of the molecule is Cl.O=C(NCCC[C@H](NC(=O)[C@@H]1Cc2ccccc2CN1)C(=O)NO)OCc1ccccc1. The topological polar surface area (TPSA) is 129 Å². The van der Waals surface area contributed by atoms with E-state index in [1.54, 1.807) is 5.48 Å². The normalized spacial score (nSPS) is 15.2. The molecule has 2 aromatic rings. The van der Waals surface area contributed by atoms with Crippen LogP contribution in [0.3, 0.4) is 0 Å². The summed E-state index contributed by atoms with van der Waals surface area (Å²) in [6.45, 7) is 0.990. The number of alkyl carbamates (subject to hydrolysis) is 1. The highest BCUT2D eigenvalue weighted by molar-refractivity contribution is 5.89. The molecule has 2 atom stereocenters. The van der Waals surface area contributed by atoms with E-state index in [2.05, 4.69) is 16.0 Å². The molecule has 0 spiro atoms. The van der Waals surface area contributed by atoms with Crippen LogP contribution in [0.2, 0.25) is 0 Å². The third-order valence-electron chi connectivity index (χ3n) is 5.29. The van der Waals surface area contributed by atoms with Crippen molar-refractivity contribution in [3.05, 3.63) is 71.3 Å². The van der Waals surface area contributed by atoms with E-state index in [9.17, 15) is 14.4 Å². The number of amides is 3. The zero-order valence-corrected chi connectivity index (χ0v) is 18.9. The minimum Gasteiger partial charge on any atom is -0.445 e. The molecule has 3 rings (SSSR count). The Morgan fingerprint density at radius 1 is 1.06 bits per heavy atom. The summed E-state index contributed by atoms with van der Waals surface area (Å²) in [6, 6.07) is 15.8. The van der Waals surface area contributed by atoms with Gasteiger partial charge in [-0.1, -0.05) is 54.6 Å². The zero-order chi connectivity index (χ0) is 22.8. The Labute approximate surface area is 198 Å². The fourth-order valence-corrected chi connectivity index (χ4v) is 3.53. The molecule has 9 nitrogen and oxygen atoms in total. The van der Waals surface area contributed by atoms with E-state index >= 15 is 0 Å². The number of hydroxylamine groups is 1. The zero-order valence-electron chi connectivity index (χ0n) is 18.1. The van der Waals surface area contributed by atoms with Crippen LogP contribution < -0.4 is 21.4 Å². The van der Waals surface area contributed by atoms with Gasteiger partial charge in [-0.05, 0) is 36.0 Å². The molecule has 1 aliphatic heterocycles. The van der Waals surface area contributed by atoms with Gasteiger partial charge in [-0.25, -0.2) is 10.3 Å². The summed E-state index contributed by atoms with van der Waals surface area (Å²) < 4.78 is 5.13. The van der Waals surface area contributed by atoms with E-state index < -0.39 is 24.1 Å². The van der Waals surface area contributed by atoms with Crippen molar-refractivity contribution < 1.29 is 24.3 Å². The van der Waals surface area contributed by atoms with Crippen molar-refractivity contribution in [2.45, 2.75) is 44.5 Å². The van der Waals surface area contributed by atoms with E-state index in [1.165, 1.54) is 0 Å². The Kier molecular flexibility index (Phi) is 10.6. The molecular formula is C23H29ClN4O5. The van der Waals surface area contributed by atoms with Crippen molar-refractivity contribution >= 4 is 30.3 Å². The monoisotopic (exact) mass is 476 g/mol. The van der Waals surface area contributed by atoms with E-state index in [-0.39, 0.29) is 37.9 Å². The van der Waals surface area contributed by atoms with Crippen LogP contribution in [0.15, 0.2) is 54.6 Å². The number of hydrogen-bond acceptors (Lipinski definition) is 6. The van der Waals surface area contributed by atoms with Gasteiger partial charge in [-0.2, -0.15) is 0 Å². The van der Waals surface area contributed by atoms with Crippen LogP contribution in [0.1, 0.15) is 29.5 Å². The second kappa shape index (κ2) is 13.4. The van der Waals surface area contributed by atoms with Gasteiger partial charge in [-0.3, -0.25) is 14.8 Å². The summed E-state index contributed by atoms with van der Waals surface area (Å²) in [5.41, 5.74) is 4.71. The summed E-state index contributed by atoms with van der Waals surface area (Å²) in [6.07, 6.45) is 0.593. The number of benzene rings is 2. The third kappa shape index (κ3) is 8.05. The molecule has 0 bridgehead atoms. The molecule has 0 aromatic heterocycles. The number of carbonyl (C=O) groups excluding carboxylic acids is 3. The van der Waals surface area contributed by atoms with Gasteiger partial charge in [0.15, 0.2) is 0 Å². The Hall–Kier alpha value is -3.14. The Morgan fingerprint density at radius 3 is 2.48 bits per heavy atom. The van der Waals surface area contributed by atoms with Gasteiger partial charge >= 0.3 is 6.09 Å². The number of carbonyl (C=O) groups is 3. The molecule has 33 heavy (non-hydrogen) atoms. The third-order valence-corrected chi connectivity index (χ3v) is 5.29. The lowest BCUT2D eigenvalue weighted by Crippen LogP contribution is -2.54. The smallest absolute Gasteiger partial charge is 0.407 e. The van der Waals surface area contributed by atoms with Crippen LogP contribution in [0.5, 0.6) is 0 Å². The molecular weight excluding hydrogens is 448 g/mol. The second-order valence-electron chi connectivity index (χ2n) is 7.57. The Balaban J connectivity index is 0.00000385. The van der Waals surface area contributed by atoms with Crippen molar-refractivity contribution in [1.82, 2.24) is 21.4 Å². The number of fused-ring (bicyclic) bond motifs is 1. The summed E-state index contributed by atoms with van der Waals surface area (Å²) in [5.74, 6) is -1.02. The van der Waals surface area contributed by atoms with Crippen molar-refractivity contribution in [3.63, 3.8) is 0 Å². The van der Waals surface area contributed by atoms with E-state index in [4.69, 9.17) is 9.94 Å². The molecule has 10 heteroatoms. The fraction of sp³-hybridized carbons (Fsp3) is 0.348. The summed E-state index contributed by atoms with van der Waals surface area (Å²) >= 11 is 0. The average molecular weight is 477 g/mol. The van der Waals surface area contributed by atoms with Gasteiger partial charge in [0.1, 0.15) is 12.6 Å². The maximum Gasteiger partial charge on any atom is 0.407 e. The first kappa shape index (κ1) is 26.1. The summed E-state index contributed by atoms with van der Waals surface area (Å²) in [5, 5.41) is 17.5. The van der Waals surface area contributed by atoms with Gasteiger partial charge < -0.3 is 20.7 Å². The minimum absolute atomic E-state index is 0. The maximum absolute atomic E-state index is 12.7. The van der Waals surface area contributed by atoms with Gasteiger partial charge in [-0.15, -0.1) is 12.4 Å². The molecule has 3 amide bonds. The van der Waals surface area contributed by atoms with E-state index in [0.29, 0.717) is 19.4 Å². The molecule has 1 heterocycles. The van der Waals surface area contributed by atoms with E-state index in [1.807, 2.05) is 54.6 Å². The first-order chi connectivity index (χ1) is 15.6. The summed E-state index contributed by atoms with van der Waals surface area (Å²) in [4.78, 5) is 36.5. The van der Waals surface area contributed by atoms with E-state index in [0.717, 1.165) is 16.7 Å². The Bertz CT molecular complexity index is 928. The van der Waals surface area contributed by atoms with Crippen molar-refractivity contribution in [3.8, 4) is 0 Å². The van der Waals surface area contributed by atoms with Crippen molar-refractivity contribution in [1.29, 1.82) is 0 Å². The van der Waals surface area contributed by atoms with Crippen LogP contribution >= 0.6 is 12.4 Å².